The normalized spacial score (nSPS) is 25.1. The van der Waals surface area contributed by atoms with Crippen LogP contribution in [0.2, 0.25) is 0 Å². The molecule has 0 amide bonds. The summed E-state index contributed by atoms with van der Waals surface area (Å²) in [5.41, 5.74) is 5.46. The number of hydrogen-bond acceptors (Lipinski definition) is 4. The van der Waals surface area contributed by atoms with Crippen LogP contribution < -0.4 is 5.73 Å². The largest absolute Gasteiger partial charge is 0.339 e. The Morgan fingerprint density at radius 1 is 1.35 bits per heavy atom. The number of nitrogens with two attached hydrogens (primary N) is 1. The van der Waals surface area contributed by atoms with Gasteiger partial charge in [0.05, 0.1) is 0 Å². The fraction of sp³-hybridized carbons (Fsp3) is 0.846. The number of aryl methyl sites for hydroxylation is 1. The second-order valence-electron chi connectivity index (χ2n) is 5.26. The van der Waals surface area contributed by atoms with Crippen LogP contribution in [-0.4, -0.2) is 16.7 Å². The van der Waals surface area contributed by atoms with Crippen LogP contribution in [0.3, 0.4) is 0 Å². The van der Waals surface area contributed by atoms with Crippen LogP contribution in [0, 0.1) is 5.92 Å². The van der Waals surface area contributed by atoms with E-state index in [0.717, 1.165) is 43.4 Å². The highest BCUT2D eigenvalue weighted by atomic mass is 16.5. The van der Waals surface area contributed by atoms with Crippen molar-refractivity contribution < 1.29 is 4.52 Å². The van der Waals surface area contributed by atoms with E-state index in [1.165, 1.54) is 25.7 Å². The molecule has 1 saturated carbocycles. The third kappa shape index (κ3) is 3.53. The Labute approximate surface area is 103 Å². The van der Waals surface area contributed by atoms with Gasteiger partial charge in [0.2, 0.25) is 5.89 Å². The molecule has 1 heterocycles. The van der Waals surface area contributed by atoms with Crippen LogP contribution in [0.4, 0.5) is 0 Å². The van der Waals surface area contributed by atoms with Crippen molar-refractivity contribution in [3.8, 4) is 0 Å². The lowest BCUT2D eigenvalue weighted by Gasteiger charge is -2.23. The summed E-state index contributed by atoms with van der Waals surface area (Å²) in [6.45, 7) is 3.05. The maximum Gasteiger partial charge on any atom is 0.226 e. The molecule has 0 saturated heterocycles. The van der Waals surface area contributed by atoms with Crippen molar-refractivity contribution in [3.05, 3.63) is 11.7 Å². The van der Waals surface area contributed by atoms with Gasteiger partial charge in [-0.2, -0.15) is 4.98 Å². The monoisotopic (exact) mass is 237 g/mol. The van der Waals surface area contributed by atoms with Gasteiger partial charge >= 0.3 is 0 Å². The van der Waals surface area contributed by atoms with E-state index in [0.29, 0.717) is 5.92 Å². The molecule has 2 rings (SSSR count). The van der Waals surface area contributed by atoms with Gasteiger partial charge in [0, 0.05) is 12.3 Å². The number of unbranched alkanes of at least 4 members (excludes halogenated alkanes) is 1. The zero-order chi connectivity index (χ0) is 12.1. The van der Waals surface area contributed by atoms with Gasteiger partial charge in [0.15, 0.2) is 5.82 Å². The molecule has 0 aromatic carbocycles. The number of nitrogens with zero attached hydrogens (tertiary/aromatic N) is 2. The van der Waals surface area contributed by atoms with Crippen LogP contribution in [-0.2, 0) is 6.42 Å². The molecule has 4 nitrogen and oxygen atoms in total. The molecule has 1 aromatic heterocycles. The molecule has 1 fully saturated rings. The molecule has 17 heavy (non-hydrogen) atoms. The fourth-order valence-electron chi connectivity index (χ4n) is 2.62. The van der Waals surface area contributed by atoms with E-state index in [2.05, 4.69) is 17.1 Å². The summed E-state index contributed by atoms with van der Waals surface area (Å²) in [4.78, 5) is 4.52. The molecule has 2 N–H and O–H groups in total. The molecule has 96 valence electrons. The summed E-state index contributed by atoms with van der Waals surface area (Å²) in [7, 11) is 0. The number of hydrogen-bond donors (Lipinski definition) is 1. The molecule has 0 bridgehead atoms. The van der Waals surface area contributed by atoms with Gasteiger partial charge in [-0.05, 0) is 38.1 Å². The van der Waals surface area contributed by atoms with Crippen molar-refractivity contribution in [3.63, 3.8) is 0 Å². The SMILES string of the molecule is CC1CCCC(c2noc(CCCCN)n2)C1. The predicted octanol–water partition coefficient (Wildman–Crippen LogP) is 2.64. The predicted molar refractivity (Wildman–Crippen MR) is 66.7 cm³/mol. The van der Waals surface area contributed by atoms with Gasteiger partial charge < -0.3 is 10.3 Å². The molecule has 0 radical (unpaired) electrons. The van der Waals surface area contributed by atoms with E-state index < -0.39 is 0 Å². The van der Waals surface area contributed by atoms with E-state index in [9.17, 15) is 0 Å². The molecule has 1 aliphatic carbocycles. The Bertz CT molecular complexity index is 337. The summed E-state index contributed by atoms with van der Waals surface area (Å²) in [6, 6.07) is 0. The first-order valence-corrected chi connectivity index (χ1v) is 6.82. The summed E-state index contributed by atoms with van der Waals surface area (Å²) in [5, 5.41) is 4.14. The van der Waals surface area contributed by atoms with Crippen molar-refractivity contribution in [1.29, 1.82) is 0 Å². The Morgan fingerprint density at radius 3 is 3.00 bits per heavy atom. The van der Waals surface area contributed by atoms with Gasteiger partial charge in [-0.1, -0.05) is 24.9 Å². The highest BCUT2D eigenvalue weighted by Gasteiger charge is 2.24. The van der Waals surface area contributed by atoms with Crippen LogP contribution in [0.1, 0.15) is 63.1 Å². The number of aromatic nitrogens is 2. The molecule has 2 atom stereocenters. The van der Waals surface area contributed by atoms with E-state index in [-0.39, 0.29) is 0 Å². The second-order valence-corrected chi connectivity index (χ2v) is 5.26. The minimum atomic E-state index is 0.519. The lowest BCUT2D eigenvalue weighted by atomic mass is 9.82. The second kappa shape index (κ2) is 6.15. The number of rotatable bonds is 5. The maximum atomic E-state index is 5.46. The van der Waals surface area contributed by atoms with Gasteiger partial charge in [0.25, 0.3) is 0 Å². The third-order valence-corrected chi connectivity index (χ3v) is 3.63. The van der Waals surface area contributed by atoms with E-state index in [1.807, 2.05) is 0 Å². The quantitative estimate of drug-likeness (QED) is 0.799. The zero-order valence-corrected chi connectivity index (χ0v) is 10.7. The summed E-state index contributed by atoms with van der Waals surface area (Å²) in [6.07, 6.45) is 8.00. The van der Waals surface area contributed by atoms with Gasteiger partial charge in [0.1, 0.15) is 0 Å². The standard InChI is InChI=1S/C13H23N3O/c1-10-5-4-6-11(9-10)13-15-12(17-16-13)7-2-3-8-14/h10-11H,2-9,14H2,1H3. The Morgan fingerprint density at radius 2 is 2.24 bits per heavy atom. The lowest BCUT2D eigenvalue weighted by Crippen LogP contribution is -2.12. The van der Waals surface area contributed by atoms with Gasteiger partial charge in [-0.15, -0.1) is 0 Å². The van der Waals surface area contributed by atoms with Gasteiger partial charge in [-0.25, -0.2) is 0 Å². The minimum Gasteiger partial charge on any atom is -0.339 e. The Kier molecular flexibility index (Phi) is 4.54. The van der Waals surface area contributed by atoms with Crippen molar-refractivity contribution in [2.75, 3.05) is 6.54 Å². The average Bonchev–Trinajstić information content (AvgIpc) is 2.78. The molecule has 2 unspecified atom stereocenters. The first-order valence-electron chi connectivity index (χ1n) is 6.82. The Hall–Kier alpha value is -0.900. The maximum absolute atomic E-state index is 5.46. The van der Waals surface area contributed by atoms with E-state index in [1.54, 1.807) is 0 Å². The van der Waals surface area contributed by atoms with Crippen LogP contribution in [0.5, 0.6) is 0 Å². The average molecular weight is 237 g/mol. The smallest absolute Gasteiger partial charge is 0.226 e. The molecular formula is C13H23N3O. The summed E-state index contributed by atoms with van der Waals surface area (Å²) >= 11 is 0. The van der Waals surface area contributed by atoms with Crippen LogP contribution in [0.15, 0.2) is 4.52 Å². The lowest BCUT2D eigenvalue weighted by molar-refractivity contribution is 0.319. The van der Waals surface area contributed by atoms with E-state index >= 15 is 0 Å². The van der Waals surface area contributed by atoms with Crippen molar-refractivity contribution >= 4 is 0 Å². The summed E-state index contributed by atoms with van der Waals surface area (Å²) < 4.78 is 5.30. The van der Waals surface area contributed by atoms with Gasteiger partial charge in [-0.3, -0.25) is 0 Å². The Balaban J connectivity index is 1.88. The first kappa shape index (κ1) is 12.6. The molecule has 1 aromatic rings. The molecule has 4 heteroatoms. The minimum absolute atomic E-state index is 0.519. The van der Waals surface area contributed by atoms with Crippen molar-refractivity contribution in [2.24, 2.45) is 11.7 Å². The van der Waals surface area contributed by atoms with E-state index in [4.69, 9.17) is 10.3 Å². The zero-order valence-electron chi connectivity index (χ0n) is 10.7. The summed E-state index contributed by atoms with van der Waals surface area (Å²) in [5.74, 6) is 3.03. The molecular weight excluding hydrogens is 214 g/mol. The van der Waals surface area contributed by atoms with Crippen molar-refractivity contribution in [1.82, 2.24) is 10.1 Å². The van der Waals surface area contributed by atoms with Crippen molar-refractivity contribution in [2.45, 2.75) is 57.8 Å². The topological polar surface area (TPSA) is 64.9 Å². The molecule has 0 spiro atoms. The highest BCUT2D eigenvalue weighted by molar-refractivity contribution is 4.97. The van der Waals surface area contributed by atoms with Crippen LogP contribution in [0.25, 0.3) is 0 Å². The molecule has 0 aliphatic heterocycles. The third-order valence-electron chi connectivity index (χ3n) is 3.63. The highest BCUT2D eigenvalue weighted by Crippen LogP contribution is 2.34. The van der Waals surface area contributed by atoms with Crippen LogP contribution >= 0.6 is 0 Å². The fourth-order valence-corrected chi connectivity index (χ4v) is 2.62. The molecule has 1 aliphatic rings. The first-order chi connectivity index (χ1) is 8.29.